The first-order chi connectivity index (χ1) is 16.7. The number of halogens is 1. The Morgan fingerprint density at radius 1 is 1.20 bits per heavy atom. The predicted octanol–water partition coefficient (Wildman–Crippen LogP) is 2.33. The summed E-state index contributed by atoms with van der Waals surface area (Å²) in [6.45, 7) is 1.57. The molecule has 3 amide bonds. The van der Waals surface area contributed by atoms with Gasteiger partial charge in [0.05, 0.1) is 12.1 Å². The fourth-order valence-corrected chi connectivity index (χ4v) is 6.53. The van der Waals surface area contributed by atoms with Gasteiger partial charge in [-0.1, -0.05) is 23.8 Å². The zero-order valence-corrected chi connectivity index (χ0v) is 21.3. The van der Waals surface area contributed by atoms with Gasteiger partial charge in [0.25, 0.3) is 5.91 Å². The minimum atomic E-state index is -3.89. The van der Waals surface area contributed by atoms with Crippen molar-refractivity contribution in [1.29, 1.82) is 0 Å². The minimum Gasteiger partial charge on any atom is -0.480 e. The lowest BCUT2D eigenvalue weighted by Gasteiger charge is -2.31. The number of nitrogens with zero attached hydrogens (tertiary/aromatic N) is 2. The van der Waals surface area contributed by atoms with Crippen molar-refractivity contribution in [2.24, 2.45) is 23.7 Å². The van der Waals surface area contributed by atoms with E-state index >= 15 is 0 Å². The molecule has 3 aliphatic rings. The van der Waals surface area contributed by atoms with Crippen LogP contribution < -0.4 is 20.1 Å². The molecule has 3 N–H and O–H groups in total. The van der Waals surface area contributed by atoms with Crippen molar-refractivity contribution in [2.75, 3.05) is 33.3 Å². The molecule has 10 nitrogen and oxygen atoms in total. The molecule has 35 heavy (non-hydrogen) atoms. The van der Waals surface area contributed by atoms with Crippen LogP contribution in [0.2, 0.25) is 5.02 Å². The van der Waals surface area contributed by atoms with E-state index in [4.69, 9.17) is 16.3 Å². The average Bonchev–Trinajstić information content (AvgIpc) is 3.46. The summed E-state index contributed by atoms with van der Waals surface area (Å²) < 4.78 is 33.8. The smallest absolute Gasteiger partial charge is 0.329 e. The lowest BCUT2D eigenvalue weighted by atomic mass is 9.94. The number of ether oxygens (including phenoxy) is 1. The summed E-state index contributed by atoms with van der Waals surface area (Å²) in [4.78, 5) is 28.7. The first-order valence-electron chi connectivity index (χ1n) is 12.0. The summed E-state index contributed by atoms with van der Waals surface area (Å²) in [5, 5.41) is 5.91. The monoisotopic (exact) mass is 525 g/mol. The number of urea groups is 1. The SMILES string of the molecule is COc1ncc(Cl)cc1C(=O)NCCC1CCN(S(=O)(=O)NC(=O)NC[C@@H]2C[C@@H]3C=C[C@@H]2C3)CC1. The molecule has 0 unspecified atom stereocenters. The van der Waals surface area contributed by atoms with Gasteiger partial charge in [-0.25, -0.2) is 14.5 Å². The standard InChI is InChI=1S/C23H32ClN5O5S/c1-34-22-20(12-19(24)14-26-22)21(30)25-7-4-15-5-8-29(9-6-15)35(32,33)28-23(31)27-13-18-11-16-2-3-17(18)10-16/h2-3,12,14-18H,4-11,13H2,1H3,(H,25,30)(H2,27,28,31)/t16-,17-,18+/m1/s1. The predicted molar refractivity (Wildman–Crippen MR) is 131 cm³/mol. The van der Waals surface area contributed by atoms with Gasteiger partial charge >= 0.3 is 16.2 Å². The first-order valence-corrected chi connectivity index (χ1v) is 13.8. The normalized spacial score (nSPS) is 24.3. The molecule has 2 aliphatic carbocycles. The maximum Gasteiger partial charge on any atom is 0.329 e. The van der Waals surface area contributed by atoms with Crippen molar-refractivity contribution < 1.29 is 22.7 Å². The van der Waals surface area contributed by atoms with E-state index < -0.39 is 16.2 Å². The van der Waals surface area contributed by atoms with Gasteiger partial charge < -0.3 is 15.4 Å². The quantitative estimate of drug-likeness (QED) is 0.424. The largest absolute Gasteiger partial charge is 0.480 e. The fourth-order valence-electron chi connectivity index (χ4n) is 5.25. The molecule has 12 heteroatoms. The van der Waals surface area contributed by atoms with E-state index in [1.807, 2.05) is 0 Å². The average molecular weight is 526 g/mol. The molecule has 4 rings (SSSR count). The second-order valence-electron chi connectivity index (χ2n) is 9.45. The Balaban J connectivity index is 1.16. The van der Waals surface area contributed by atoms with Crippen molar-refractivity contribution >= 4 is 33.7 Å². The Hall–Kier alpha value is -2.37. The van der Waals surface area contributed by atoms with Gasteiger partial charge in [0.2, 0.25) is 5.88 Å². The van der Waals surface area contributed by atoms with Gasteiger partial charge in [0, 0.05) is 32.4 Å². The molecule has 0 radical (unpaired) electrons. The second-order valence-corrected chi connectivity index (χ2v) is 11.6. The summed E-state index contributed by atoms with van der Waals surface area (Å²) in [7, 11) is -2.46. The van der Waals surface area contributed by atoms with Crippen molar-refractivity contribution in [2.45, 2.75) is 32.1 Å². The molecular formula is C23H32ClN5O5S. The zero-order valence-electron chi connectivity index (χ0n) is 19.7. The highest BCUT2D eigenvalue weighted by molar-refractivity contribution is 7.87. The molecule has 0 aromatic carbocycles. The third-order valence-electron chi connectivity index (χ3n) is 7.17. The summed E-state index contributed by atoms with van der Waals surface area (Å²) in [6.07, 6.45) is 10.0. The van der Waals surface area contributed by atoms with E-state index in [-0.39, 0.29) is 23.3 Å². The Labute approximate surface area is 211 Å². The Morgan fingerprint density at radius 2 is 1.97 bits per heavy atom. The lowest BCUT2D eigenvalue weighted by Crippen LogP contribution is -2.50. The van der Waals surface area contributed by atoms with Gasteiger partial charge in [0.15, 0.2) is 0 Å². The summed E-state index contributed by atoms with van der Waals surface area (Å²) in [6, 6.07) is 0.830. The number of methoxy groups -OCH3 is 1. The number of allylic oxidation sites excluding steroid dienone is 2. The van der Waals surface area contributed by atoms with Crippen molar-refractivity contribution in [3.05, 3.63) is 35.0 Å². The Kier molecular flexibility index (Phi) is 8.18. The molecule has 3 atom stereocenters. The van der Waals surface area contributed by atoms with Crippen LogP contribution in [0.3, 0.4) is 0 Å². The van der Waals surface area contributed by atoms with Crippen molar-refractivity contribution in [3.63, 3.8) is 0 Å². The van der Waals surface area contributed by atoms with Crippen LogP contribution in [0.15, 0.2) is 24.4 Å². The molecule has 192 valence electrons. The molecule has 1 saturated carbocycles. The van der Waals surface area contributed by atoms with E-state index in [2.05, 4.69) is 32.5 Å². The van der Waals surface area contributed by atoms with E-state index in [9.17, 15) is 18.0 Å². The molecule has 0 spiro atoms. The van der Waals surface area contributed by atoms with Crippen LogP contribution in [-0.4, -0.2) is 62.9 Å². The molecule has 1 aliphatic heterocycles. The zero-order chi connectivity index (χ0) is 25.0. The minimum absolute atomic E-state index is 0.203. The summed E-state index contributed by atoms with van der Waals surface area (Å²) in [5.74, 6) is 1.62. The number of hydrogen-bond acceptors (Lipinski definition) is 6. The summed E-state index contributed by atoms with van der Waals surface area (Å²) >= 11 is 5.93. The number of carbonyl (C=O) groups is 2. The van der Waals surface area contributed by atoms with E-state index in [0.29, 0.717) is 68.2 Å². The number of fused-ring (bicyclic) bond motifs is 2. The number of nitrogens with one attached hydrogen (secondary N) is 3. The first kappa shape index (κ1) is 25.7. The third-order valence-corrected chi connectivity index (χ3v) is 8.87. The maximum absolute atomic E-state index is 12.6. The maximum atomic E-state index is 12.6. The van der Waals surface area contributed by atoms with Crippen LogP contribution in [0.1, 0.15) is 42.5 Å². The third kappa shape index (κ3) is 6.45. The number of hydrogen-bond donors (Lipinski definition) is 3. The number of pyridine rings is 1. The number of aromatic nitrogens is 1. The second kappa shape index (κ2) is 11.1. The van der Waals surface area contributed by atoms with Crippen LogP contribution in [0.5, 0.6) is 5.88 Å². The lowest BCUT2D eigenvalue weighted by molar-refractivity contribution is 0.0946. The highest BCUT2D eigenvalue weighted by Crippen LogP contribution is 2.42. The van der Waals surface area contributed by atoms with Crippen LogP contribution >= 0.6 is 11.6 Å². The van der Waals surface area contributed by atoms with Crippen LogP contribution in [0, 0.1) is 23.7 Å². The highest BCUT2D eigenvalue weighted by atomic mass is 35.5. The molecule has 2 heterocycles. The van der Waals surface area contributed by atoms with Crippen molar-refractivity contribution in [1.82, 2.24) is 24.6 Å². The molecule has 1 saturated heterocycles. The number of rotatable bonds is 9. The van der Waals surface area contributed by atoms with E-state index in [1.54, 1.807) is 0 Å². The fraction of sp³-hybridized carbons (Fsp3) is 0.609. The Morgan fingerprint density at radius 3 is 2.63 bits per heavy atom. The van der Waals surface area contributed by atoms with Gasteiger partial charge in [-0.15, -0.1) is 0 Å². The van der Waals surface area contributed by atoms with E-state index in [0.717, 1.165) is 12.8 Å². The molecule has 1 aromatic heterocycles. The van der Waals surface area contributed by atoms with E-state index in [1.165, 1.54) is 23.7 Å². The number of carbonyl (C=O) groups excluding carboxylic acids is 2. The molecule has 2 fully saturated rings. The van der Waals surface area contributed by atoms with Crippen molar-refractivity contribution in [3.8, 4) is 5.88 Å². The van der Waals surface area contributed by atoms with Crippen LogP contribution in [0.25, 0.3) is 0 Å². The number of amides is 3. The number of piperidine rings is 1. The van der Waals surface area contributed by atoms with Gasteiger partial charge in [-0.3, -0.25) is 4.79 Å². The Bertz CT molecular complexity index is 1070. The molecular weight excluding hydrogens is 494 g/mol. The highest BCUT2D eigenvalue weighted by Gasteiger charge is 2.36. The van der Waals surface area contributed by atoms with Gasteiger partial charge in [-0.2, -0.15) is 12.7 Å². The topological polar surface area (TPSA) is 130 Å². The molecule has 1 aromatic rings. The van der Waals surface area contributed by atoms with Crippen LogP contribution in [-0.2, 0) is 10.2 Å². The van der Waals surface area contributed by atoms with Gasteiger partial charge in [0.1, 0.15) is 5.56 Å². The van der Waals surface area contributed by atoms with Crippen LogP contribution in [0.4, 0.5) is 4.79 Å². The molecule has 2 bridgehead atoms. The summed E-state index contributed by atoms with van der Waals surface area (Å²) in [5.41, 5.74) is 0.266. The van der Waals surface area contributed by atoms with Gasteiger partial charge in [-0.05, 0) is 61.8 Å².